The highest BCUT2D eigenvalue weighted by atomic mass is 19.3. The number of imidazole rings is 1. The molecule has 1 N–H and O–H groups in total. The van der Waals surface area contributed by atoms with Crippen molar-refractivity contribution < 1.29 is 27.4 Å². The van der Waals surface area contributed by atoms with Crippen molar-refractivity contribution in [1.82, 2.24) is 29.7 Å². The van der Waals surface area contributed by atoms with Crippen LogP contribution in [0.1, 0.15) is 44.4 Å². The van der Waals surface area contributed by atoms with Gasteiger partial charge >= 0.3 is 0 Å². The third-order valence-corrected chi connectivity index (χ3v) is 8.09. The van der Waals surface area contributed by atoms with Crippen LogP contribution in [0.15, 0.2) is 30.3 Å². The average Bonchev–Trinajstić information content (AvgIpc) is 3.54. The highest BCUT2D eigenvalue weighted by Crippen LogP contribution is 2.31. The van der Waals surface area contributed by atoms with Crippen LogP contribution in [0.3, 0.4) is 0 Å². The second-order valence-corrected chi connectivity index (χ2v) is 10.9. The number of carbonyl (C=O) groups is 1. The van der Waals surface area contributed by atoms with E-state index in [1.54, 1.807) is 42.3 Å². The number of benzene rings is 1. The standard InChI is InChI=1S/C28H34F3N7O3/c1-36-16-17(29)14-22(36)27(39)32-18-6-8-19(9-7-18)41-24-15-23(34-28(35-24)37-10-12-40-13-11-37)38-21-5-3-2-4-20(21)33-26(38)25(30)31/h2-5,15,17-19,22,25H,6-14,16H2,1H3,(H,32,39)/t17-,18?,19?,22-/m0/s1. The Kier molecular flexibility index (Phi) is 7.98. The molecule has 0 bridgehead atoms. The Morgan fingerprint density at radius 3 is 2.56 bits per heavy atom. The lowest BCUT2D eigenvalue weighted by molar-refractivity contribution is -0.126. The number of anilines is 1. The van der Waals surface area contributed by atoms with Crippen LogP contribution >= 0.6 is 0 Å². The molecule has 0 spiro atoms. The molecule has 4 heterocycles. The van der Waals surface area contributed by atoms with Crippen LogP contribution in [0.2, 0.25) is 0 Å². The summed E-state index contributed by atoms with van der Waals surface area (Å²) in [6.07, 6.45) is -0.942. The number of nitrogens with zero attached hydrogens (tertiary/aromatic N) is 6. The smallest absolute Gasteiger partial charge is 0.296 e. The predicted octanol–water partition coefficient (Wildman–Crippen LogP) is 3.44. The first-order chi connectivity index (χ1) is 19.9. The molecule has 2 saturated heterocycles. The van der Waals surface area contributed by atoms with Crippen molar-refractivity contribution in [2.75, 3.05) is 44.8 Å². The number of likely N-dealkylation sites (tertiary alicyclic amines) is 1. The van der Waals surface area contributed by atoms with E-state index in [1.165, 1.54) is 4.57 Å². The van der Waals surface area contributed by atoms with Gasteiger partial charge in [0.15, 0.2) is 5.82 Å². The maximum Gasteiger partial charge on any atom is 0.296 e. The lowest BCUT2D eigenvalue weighted by Gasteiger charge is -2.31. The number of hydrogen-bond donors (Lipinski definition) is 1. The number of ether oxygens (including phenoxy) is 2. The Morgan fingerprint density at radius 1 is 1.10 bits per heavy atom. The number of alkyl halides is 3. The Hall–Kier alpha value is -3.45. The second-order valence-electron chi connectivity index (χ2n) is 10.9. The van der Waals surface area contributed by atoms with Crippen LogP contribution in [0.25, 0.3) is 16.9 Å². The highest BCUT2D eigenvalue weighted by molar-refractivity contribution is 5.82. The van der Waals surface area contributed by atoms with Gasteiger partial charge in [0.05, 0.1) is 30.3 Å². The quantitative estimate of drug-likeness (QED) is 0.459. The van der Waals surface area contributed by atoms with Crippen molar-refractivity contribution in [1.29, 1.82) is 0 Å². The number of carbonyl (C=O) groups excluding carboxylic acids is 1. The molecule has 13 heteroatoms. The third kappa shape index (κ3) is 5.96. The van der Waals surface area contributed by atoms with Crippen LogP contribution in [-0.4, -0.2) is 94.6 Å². The Balaban J connectivity index is 1.21. The molecular weight excluding hydrogens is 539 g/mol. The summed E-state index contributed by atoms with van der Waals surface area (Å²) in [6, 6.07) is 8.09. The molecule has 2 aromatic heterocycles. The summed E-state index contributed by atoms with van der Waals surface area (Å²) in [4.78, 5) is 29.9. The number of fused-ring (bicyclic) bond motifs is 1. The Morgan fingerprint density at radius 2 is 1.85 bits per heavy atom. The molecule has 3 aliphatic rings. The molecule has 10 nitrogen and oxygen atoms in total. The first-order valence-corrected chi connectivity index (χ1v) is 14.1. The van der Waals surface area contributed by atoms with Crippen molar-refractivity contribution in [3.63, 3.8) is 0 Å². The third-order valence-electron chi connectivity index (χ3n) is 8.09. The van der Waals surface area contributed by atoms with Gasteiger partial charge in [-0.2, -0.15) is 9.97 Å². The van der Waals surface area contributed by atoms with Gasteiger partial charge in [0.1, 0.15) is 18.1 Å². The normalized spacial score (nSPS) is 25.6. The van der Waals surface area contributed by atoms with E-state index < -0.39 is 24.5 Å². The topological polar surface area (TPSA) is 97.6 Å². The SMILES string of the molecule is CN1C[C@@H](F)C[C@H]1C(=O)NC1CCC(Oc2cc(-n3c(C(F)F)nc4ccccc43)nc(N3CCOCC3)n2)CC1. The molecule has 6 rings (SSSR count). The van der Waals surface area contributed by atoms with Gasteiger partial charge in [0.2, 0.25) is 17.7 Å². The van der Waals surface area contributed by atoms with Gasteiger partial charge in [-0.3, -0.25) is 14.3 Å². The number of aromatic nitrogens is 4. The predicted molar refractivity (Wildman–Crippen MR) is 145 cm³/mol. The summed E-state index contributed by atoms with van der Waals surface area (Å²) in [5.74, 6) is 0.408. The maximum absolute atomic E-state index is 14.1. The number of para-hydroxylation sites is 2. The van der Waals surface area contributed by atoms with Crippen LogP contribution in [0.5, 0.6) is 5.88 Å². The number of nitrogens with one attached hydrogen (secondary N) is 1. The van der Waals surface area contributed by atoms with E-state index in [4.69, 9.17) is 9.47 Å². The summed E-state index contributed by atoms with van der Waals surface area (Å²) >= 11 is 0. The monoisotopic (exact) mass is 573 g/mol. The minimum atomic E-state index is -2.81. The van der Waals surface area contributed by atoms with E-state index in [2.05, 4.69) is 20.3 Å². The number of halogens is 3. The van der Waals surface area contributed by atoms with Crippen molar-refractivity contribution >= 4 is 22.9 Å². The summed E-state index contributed by atoms with van der Waals surface area (Å²) in [6.45, 7) is 2.44. The fourth-order valence-corrected chi connectivity index (χ4v) is 5.95. The average molecular weight is 574 g/mol. The molecule has 3 aromatic rings. The van der Waals surface area contributed by atoms with Gasteiger partial charge in [0, 0.05) is 38.2 Å². The minimum Gasteiger partial charge on any atom is -0.474 e. The van der Waals surface area contributed by atoms with Gasteiger partial charge in [-0.05, 0) is 44.9 Å². The first kappa shape index (κ1) is 27.7. The first-order valence-electron chi connectivity index (χ1n) is 14.1. The summed E-state index contributed by atoms with van der Waals surface area (Å²) < 4.78 is 55.1. The number of rotatable bonds is 7. The highest BCUT2D eigenvalue weighted by Gasteiger charge is 2.36. The molecule has 41 heavy (non-hydrogen) atoms. The van der Waals surface area contributed by atoms with Crippen LogP contribution in [0.4, 0.5) is 19.1 Å². The summed E-state index contributed by atoms with van der Waals surface area (Å²) in [5.41, 5.74) is 0.964. The Labute approximate surface area is 235 Å². The molecule has 0 unspecified atom stereocenters. The molecule has 1 aromatic carbocycles. The van der Waals surface area contributed by atoms with Gasteiger partial charge in [0.25, 0.3) is 6.43 Å². The van der Waals surface area contributed by atoms with Crippen molar-refractivity contribution in [3.8, 4) is 11.7 Å². The van der Waals surface area contributed by atoms with Gasteiger partial charge in [-0.15, -0.1) is 0 Å². The van der Waals surface area contributed by atoms with Gasteiger partial charge in [-0.25, -0.2) is 18.2 Å². The lowest BCUT2D eigenvalue weighted by atomic mass is 9.92. The van der Waals surface area contributed by atoms with Crippen LogP contribution < -0.4 is 15.0 Å². The lowest BCUT2D eigenvalue weighted by Crippen LogP contribution is -2.47. The number of amides is 1. The van der Waals surface area contributed by atoms with E-state index in [9.17, 15) is 18.0 Å². The second kappa shape index (κ2) is 11.8. The molecule has 3 fully saturated rings. The number of hydrogen-bond acceptors (Lipinski definition) is 8. The van der Waals surface area contributed by atoms with E-state index in [0.29, 0.717) is 74.8 Å². The zero-order chi connectivity index (χ0) is 28.5. The van der Waals surface area contributed by atoms with Crippen molar-refractivity contribution in [2.24, 2.45) is 0 Å². The zero-order valence-electron chi connectivity index (χ0n) is 22.9. The fourth-order valence-electron chi connectivity index (χ4n) is 5.95. The van der Waals surface area contributed by atoms with Crippen molar-refractivity contribution in [3.05, 3.63) is 36.2 Å². The summed E-state index contributed by atoms with van der Waals surface area (Å²) in [5, 5.41) is 3.08. The minimum absolute atomic E-state index is 0.00908. The molecule has 2 atom stereocenters. The Bertz CT molecular complexity index is 1380. The molecule has 1 aliphatic carbocycles. The number of likely N-dealkylation sites (N-methyl/N-ethyl adjacent to an activating group) is 1. The fraction of sp³-hybridized carbons (Fsp3) is 0.571. The van der Waals surface area contributed by atoms with Crippen LogP contribution in [-0.2, 0) is 9.53 Å². The largest absolute Gasteiger partial charge is 0.474 e. The van der Waals surface area contributed by atoms with E-state index in [1.807, 2.05) is 4.90 Å². The molecule has 1 amide bonds. The molecule has 1 saturated carbocycles. The molecule has 220 valence electrons. The zero-order valence-corrected chi connectivity index (χ0v) is 22.9. The van der Waals surface area contributed by atoms with E-state index >= 15 is 0 Å². The molecule has 2 aliphatic heterocycles. The van der Waals surface area contributed by atoms with E-state index in [-0.39, 0.29) is 36.8 Å². The number of morpholine rings is 1. The maximum atomic E-state index is 14.1. The summed E-state index contributed by atoms with van der Waals surface area (Å²) in [7, 11) is 1.77. The molecular formula is C28H34F3N7O3. The van der Waals surface area contributed by atoms with Gasteiger partial charge < -0.3 is 19.7 Å². The van der Waals surface area contributed by atoms with Crippen molar-refractivity contribution in [2.45, 2.75) is 62.9 Å². The van der Waals surface area contributed by atoms with Crippen LogP contribution in [0, 0.1) is 0 Å². The molecule has 0 radical (unpaired) electrons. The van der Waals surface area contributed by atoms with Gasteiger partial charge in [-0.1, -0.05) is 12.1 Å². The van der Waals surface area contributed by atoms with E-state index in [0.717, 1.165) is 0 Å².